The molecule has 180 valence electrons. The molecule has 4 heterocycles. The number of hydrogen-bond acceptors (Lipinski definition) is 4. The van der Waals surface area contributed by atoms with Gasteiger partial charge in [0.15, 0.2) is 0 Å². The Kier molecular flexibility index (Phi) is 6.48. The zero-order valence-electron chi connectivity index (χ0n) is 19.9. The van der Waals surface area contributed by atoms with Crippen LogP contribution in [0.2, 0.25) is 0 Å². The minimum atomic E-state index is -0.364. The highest BCUT2D eigenvalue weighted by atomic mass is 19.1. The predicted molar refractivity (Wildman–Crippen MR) is 134 cm³/mol. The van der Waals surface area contributed by atoms with Crippen LogP contribution < -0.4 is 5.32 Å². The zero-order valence-corrected chi connectivity index (χ0v) is 19.9. The number of benzene rings is 2. The molecule has 0 radical (unpaired) electrons. The second kappa shape index (κ2) is 9.85. The molecule has 0 aliphatic carbocycles. The lowest BCUT2D eigenvalue weighted by Gasteiger charge is -2.37. The van der Waals surface area contributed by atoms with Crippen LogP contribution in [0, 0.1) is 5.82 Å². The molecule has 2 aromatic carbocycles. The predicted octanol–water partition coefficient (Wildman–Crippen LogP) is 4.54. The van der Waals surface area contributed by atoms with Crippen molar-refractivity contribution in [3.05, 3.63) is 96.1 Å². The molecule has 0 amide bonds. The van der Waals surface area contributed by atoms with E-state index < -0.39 is 0 Å². The van der Waals surface area contributed by atoms with Gasteiger partial charge in [-0.3, -0.25) is 4.68 Å². The summed E-state index contributed by atoms with van der Waals surface area (Å²) in [7, 11) is 1.95. The number of nitrogens with one attached hydrogen (secondary N) is 3. The first-order valence-corrected chi connectivity index (χ1v) is 11.8. The van der Waals surface area contributed by atoms with Crippen LogP contribution in [0.5, 0.6) is 0 Å². The van der Waals surface area contributed by atoms with E-state index in [1.165, 1.54) is 34.3 Å². The third kappa shape index (κ3) is 4.50. The quantitative estimate of drug-likeness (QED) is 0.351. The van der Waals surface area contributed by atoms with E-state index in [0.717, 1.165) is 29.8 Å². The average molecular weight is 473 g/mol. The summed E-state index contributed by atoms with van der Waals surface area (Å²) in [4.78, 5) is 10.5. The molecule has 6 rings (SSSR count). The number of hydrogen-bond donors (Lipinski definition) is 3. The molecule has 0 saturated heterocycles. The molecule has 35 heavy (non-hydrogen) atoms. The number of aromatic nitrogens is 5. The topological polar surface area (TPSA) is 83.5 Å². The van der Waals surface area contributed by atoms with Gasteiger partial charge < -0.3 is 20.0 Å². The Labute approximate surface area is 203 Å². The van der Waals surface area contributed by atoms with E-state index in [4.69, 9.17) is 4.74 Å². The van der Waals surface area contributed by atoms with Gasteiger partial charge in [0.1, 0.15) is 11.4 Å². The molecule has 8 heteroatoms. The van der Waals surface area contributed by atoms with Gasteiger partial charge >= 0.3 is 0 Å². The summed E-state index contributed by atoms with van der Waals surface area (Å²) in [5, 5.41) is 9.40. The zero-order chi connectivity index (χ0) is 24.3. The summed E-state index contributed by atoms with van der Waals surface area (Å²) in [6.07, 6.45) is 8.33. The maximum absolute atomic E-state index is 12.5. The van der Waals surface area contributed by atoms with Crippen LogP contribution in [-0.4, -0.2) is 44.5 Å². The van der Waals surface area contributed by atoms with Crippen LogP contribution in [0.4, 0.5) is 4.39 Å². The van der Waals surface area contributed by atoms with Crippen LogP contribution in [0.15, 0.2) is 73.4 Å². The van der Waals surface area contributed by atoms with Gasteiger partial charge in [0.25, 0.3) is 0 Å². The molecule has 1 atom stereocenters. The second-order valence-corrected chi connectivity index (χ2v) is 8.62. The number of para-hydroxylation sites is 1. The van der Waals surface area contributed by atoms with E-state index in [1.54, 1.807) is 24.7 Å². The van der Waals surface area contributed by atoms with Gasteiger partial charge in [0.05, 0.1) is 31.0 Å². The summed E-state index contributed by atoms with van der Waals surface area (Å²) in [5.74, 6) is -0.224. The first kappa shape index (κ1) is 23.0. The minimum absolute atomic E-state index is 0.224. The molecule has 3 aromatic heterocycles. The molecule has 0 bridgehead atoms. The maximum atomic E-state index is 12.5. The van der Waals surface area contributed by atoms with Crippen molar-refractivity contribution in [1.29, 1.82) is 0 Å². The van der Waals surface area contributed by atoms with E-state index in [9.17, 15) is 4.39 Å². The van der Waals surface area contributed by atoms with Crippen molar-refractivity contribution < 1.29 is 9.13 Å². The van der Waals surface area contributed by atoms with E-state index in [0.29, 0.717) is 13.2 Å². The lowest BCUT2D eigenvalue weighted by atomic mass is 9.83. The fourth-order valence-corrected chi connectivity index (χ4v) is 4.71. The van der Waals surface area contributed by atoms with Gasteiger partial charge in [0.2, 0.25) is 0 Å². The van der Waals surface area contributed by atoms with Crippen molar-refractivity contribution in [3.63, 3.8) is 0 Å². The van der Waals surface area contributed by atoms with Crippen molar-refractivity contribution in [2.45, 2.75) is 18.9 Å². The van der Waals surface area contributed by atoms with Crippen LogP contribution >= 0.6 is 0 Å². The van der Waals surface area contributed by atoms with E-state index in [-0.39, 0.29) is 11.4 Å². The Balaban J connectivity index is 0.000000178. The molecule has 1 aliphatic heterocycles. The molecule has 0 saturated carbocycles. The van der Waals surface area contributed by atoms with Crippen LogP contribution in [-0.2, 0) is 23.7 Å². The molecule has 7 nitrogen and oxygen atoms in total. The first-order chi connectivity index (χ1) is 17.1. The number of aryl methyl sites for hydroxylation is 1. The Hall–Kier alpha value is -3.75. The molecule has 3 N–H and O–H groups in total. The smallest absolute Gasteiger partial charge is 0.123 e. The monoisotopic (exact) mass is 472 g/mol. The number of imidazole rings is 1. The number of halogens is 1. The number of ether oxygens (including phenoxy) is 1. The Bertz CT molecular complexity index is 1390. The van der Waals surface area contributed by atoms with Gasteiger partial charge in [-0.15, -0.1) is 0 Å². The lowest BCUT2D eigenvalue weighted by Crippen LogP contribution is -2.51. The first-order valence-electron chi connectivity index (χ1n) is 11.8. The van der Waals surface area contributed by atoms with Crippen molar-refractivity contribution in [1.82, 2.24) is 30.0 Å². The average Bonchev–Trinajstić information content (AvgIpc) is 3.64. The van der Waals surface area contributed by atoms with Crippen LogP contribution in [0.1, 0.15) is 23.7 Å². The van der Waals surface area contributed by atoms with E-state index >= 15 is 0 Å². The summed E-state index contributed by atoms with van der Waals surface area (Å²) in [6.45, 7) is 4.25. The summed E-state index contributed by atoms with van der Waals surface area (Å²) in [6, 6.07) is 14.8. The fraction of sp³-hybridized carbons (Fsp3) is 0.259. The Morgan fingerprint density at radius 2 is 1.94 bits per heavy atom. The number of fused-ring (bicyclic) bond motifs is 3. The largest absolute Gasteiger partial charge is 0.379 e. The van der Waals surface area contributed by atoms with Gasteiger partial charge in [-0.1, -0.05) is 18.2 Å². The summed E-state index contributed by atoms with van der Waals surface area (Å²) in [5.41, 5.74) is 6.40. The third-order valence-electron chi connectivity index (χ3n) is 6.42. The molecule has 0 fully saturated rings. The normalized spacial score (nSPS) is 17.1. The van der Waals surface area contributed by atoms with E-state index in [1.807, 2.05) is 24.9 Å². The number of H-pyrrole nitrogens is 2. The highest BCUT2D eigenvalue weighted by Crippen LogP contribution is 2.38. The van der Waals surface area contributed by atoms with E-state index in [2.05, 4.69) is 55.8 Å². The number of nitrogens with zero attached hydrogens (tertiary/aromatic N) is 3. The molecular weight excluding hydrogens is 443 g/mol. The van der Waals surface area contributed by atoms with Gasteiger partial charge in [0, 0.05) is 48.6 Å². The highest BCUT2D eigenvalue weighted by Gasteiger charge is 2.41. The molecular formula is C27H29FN6O. The standard InChI is InChI=1S/C18H22N4O.C9H7FN2/c1-3-23-12-18(13-10-20-22(2)11-13)17-15(8-9-19-18)14-6-4-5-7-16(14)21-17;10-8-3-1-7(2-4-8)9-5-11-6-12-9/h4-7,10-11,19,21H,3,8-9,12H2,1-2H3;1-6H,(H,11,12). The van der Waals surface area contributed by atoms with Crippen molar-refractivity contribution >= 4 is 10.9 Å². The van der Waals surface area contributed by atoms with Crippen molar-refractivity contribution in [3.8, 4) is 11.3 Å². The van der Waals surface area contributed by atoms with Crippen LogP contribution in [0.25, 0.3) is 22.2 Å². The summed E-state index contributed by atoms with van der Waals surface area (Å²) < 4.78 is 20.2. The summed E-state index contributed by atoms with van der Waals surface area (Å²) >= 11 is 0. The van der Waals surface area contributed by atoms with Gasteiger partial charge in [-0.25, -0.2) is 9.37 Å². The Morgan fingerprint density at radius 3 is 2.66 bits per heavy atom. The van der Waals surface area contributed by atoms with Gasteiger partial charge in [-0.2, -0.15) is 5.10 Å². The highest BCUT2D eigenvalue weighted by molar-refractivity contribution is 5.85. The van der Waals surface area contributed by atoms with Crippen LogP contribution in [0.3, 0.4) is 0 Å². The fourth-order valence-electron chi connectivity index (χ4n) is 4.71. The molecule has 1 unspecified atom stereocenters. The molecule has 0 spiro atoms. The van der Waals surface area contributed by atoms with Crippen molar-refractivity contribution in [2.24, 2.45) is 7.05 Å². The minimum Gasteiger partial charge on any atom is -0.379 e. The SMILES string of the molecule is CCOCC1(c2cnn(C)c2)NCCc2c1[nH]c1ccccc21.Fc1ccc(-c2cnc[nH]2)cc1. The molecule has 5 aromatic rings. The third-order valence-corrected chi connectivity index (χ3v) is 6.42. The van der Waals surface area contributed by atoms with Gasteiger partial charge in [-0.05, 0) is 54.8 Å². The molecule has 1 aliphatic rings. The lowest BCUT2D eigenvalue weighted by molar-refractivity contribution is 0.0881. The Morgan fingerprint density at radius 1 is 1.11 bits per heavy atom. The number of rotatable bonds is 5. The maximum Gasteiger partial charge on any atom is 0.123 e. The second-order valence-electron chi connectivity index (χ2n) is 8.62. The van der Waals surface area contributed by atoms with Crippen molar-refractivity contribution in [2.75, 3.05) is 19.8 Å². The number of aromatic amines is 2.